The average Bonchev–Trinajstić information content (AvgIpc) is 2.76. The van der Waals surface area contributed by atoms with Crippen LogP contribution in [0.3, 0.4) is 0 Å². The van der Waals surface area contributed by atoms with Gasteiger partial charge in [0.05, 0.1) is 16.4 Å². The third kappa shape index (κ3) is 2.93. The van der Waals surface area contributed by atoms with Crippen molar-refractivity contribution >= 4 is 17.6 Å². The second-order valence-electron chi connectivity index (χ2n) is 4.31. The number of nitrogens with zero attached hydrogens (tertiary/aromatic N) is 2. The second kappa shape index (κ2) is 5.96. The van der Waals surface area contributed by atoms with Crippen LogP contribution < -0.4 is 4.74 Å². The highest BCUT2D eigenvalue weighted by Crippen LogP contribution is 2.27. The summed E-state index contributed by atoms with van der Waals surface area (Å²) in [7, 11) is 1.83. The zero-order chi connectivity index (χ0) is 14.7. The van der Waals surface area contributed by atoms with Crippen molar-refractivity contribution in [3.63, 3.8) is 0 Å². The minimum Gasteiger partial charge on any atom is -0.486 e. The molecular weight excluding hydrogens is 280 g/mol. The van der Waals surface area contributed by atoms with Crippen molar-refractivity contribution in [3.05, 3.63) is 46.2 Å². The number of hydrogen-bond donors (Lipinski definition) is 1. The first kappa shape index (κ1) is 14.4. The second-order valence-corrected chi connectivity index (χ2v) is 4.72. The van der Waals surface area contributed by atoms with E-state index in [1.165, 1.54) is 6.07 Å². The normalized spacial score (nSPS) is 10.6. The third-order valence-corrected chi connectivity index (χ3v) is 3.27. The summed E-state index contributed by atoms with van der Waals surface area (Å²) in [5, 5.41) is 13.6. The number of aryl methyl sites for hydroxylation is 2. The molecule has 0 spiro atoms. The molecule has 0 saturated carbocycles. The molecule has 2 rings (SSSR count). The van der Waals surface area contributed by atoms with Crippen molar-refractivity contribution < 1.29 is 14.6 Å². The van der Waals surface area contributed by atoms with Gasteiger partial charge in [0.25, 0.3) is 0 Å². The lowest BCUT2D eigenvalue weighted by molar-refractivity contribution is 0.0692. The fraction of sp³-hybridized carbons (Fsp3) is 0.286. The lowest BCUT2D eigenvalue weighted by atomic mass is 10.2. The molecule has 0 bridgehead atoms. The van der Waals surface area contributed by atoms with Gasteiger partial charge in [-0.15, -0.1) is 0 Å². The molecule has 0 amide bonds. The molecule has 0 unspecified atom stereocenters. The molecule has 1 heterocycles. The van der Waals surface area contributed by atoms with E-state index in [2.05, 4.69) is 5.10 Å². The molecule has 0 aliphatic heterocycles. The van der Waals surface area contributed by atoms with E-state index in [1.807, 2.05) is 20.0 Å². The maximum absolute atomic E-state index is 11.2. The molecule has 2 aromatic rings. The smallest absolute Gasteiger partial charge is 0.341 e. The van der Waals surface area contributed by atoms with Crippen molar-refractivity contribution in [3.8, 4) is 5.75 Å². The Bertz CT molecular complexity index is 637. The first-order valence-corrected chi connectivity index (χ1v) is 6.57. The zero-order valence-electron chi connectivity index (χ0n) is 11.3. The summed E-state index contributed by atoms with van der Waals surface area (Å²) in [6, 6.07) is 6.71. The first-order valence-electron chi connectivity index (χ1n) is 6.19. The standard InChI is InChI=1S/C14H15ClN2O3/c1-3-9-7-10(17(2)16-9)8-20-12-6-4-5-11(15)13(12)14(18)19/h4-7H,3,8H2,1-2H3,(H,18,19). The van der Waals surface area contributed by atoms with Gasteiger partial charge in [-0.1, -0.05) is 24.6 Å². The van der Waals surface area contributed by atoms with Crippen LogP contribution in [-0.2, 0) is 20.1 Å². The van der Waals surface area contributed by atoms with E-state index < -0.39 is 5.97 Å². The van der Waals surface area contributed by atoms with Crippen LogP contribution in [0, 0.1) is 0 Å². The molecule has 1 aromatic carbocycles. The van der Waals surface area contributed by atoms with Gasteiger partial charge in [0.2, 0.25) is 0 Å². The molecule has 5 nitrogen and oxygen atoms in total. The summed E-state index contributed by atoms with van der Waals surface area (Å²) in [5.41, 5.74) is 1.82. The SMILES string of the molecule is CCc1cc(COc2cccc(Cl)c2C(=O)O)n(C)n1. The van der Waals surface area contributed by atoms with Gasteiger partial charge >= 0.3 is 5.97 Å². The van der Waals surface area contributed by atoms with Crippen LogP contribution in [0.2, 0.25) is 5.02 Å². The Kier molecular flexibility index (Phi) is 4.29. The molecule has 0 atom stereocenters. The van der Waals surface area contributed by atoms with Gasteiger partial charge in [0, 0.05) is 7.05 Å². The Balaban J connectivity index is 2.20. The summed E-state index contributed by atoms with van der Waals surface area (Å²) in [6.07, 6.45) is 0.839. The molecule has 0 aliphatic rings. The maximum Gasteiger partial charge on any atom is 0.341 e. The number of halogens is 1. The number of aromatic carboxylic acids is 1. The molecule has 1 N–H and O–H groups in total. The van der Waals surface area contributed by atoms with Crippen molar-refractivity contribution in [2.75, 3.05) is 0 Å². The monoisotopic (exact) mass is 294 g/mol. The lowest BCUT2D eigenvalue weighted by Gasteiger charge is -2.10. The quantitative estimate of drug-likeness (QED) is 0.921. The molecule has 106 valence electrons. The van der Waals surface area contributed by atoms with E-state index in [-0.39, 0.29) is 22.9 Å². The Morgan fingerprint density at radius 2 is 2.25 bits per heavy atom. The van der Waals surface area contributed by atoms with E-state index in [0.717, 1.165) is 17.8 Å². The van der Waals surface area contributed by atoms with Gasteiger partial charge in [-0.3, -0.25) is 4.68 Å². The van der Waals surface area contributed by atoms with Crippen molar-refractivity contribution in [2.24, 2.45) is 7.05 Å². The van der Waals surface area contributed by atoms with Gasteiger partial charge in [-0.25, -0.2) is 4.79 Å². The van der Waals surface area contributed by atoms with E-state index in [0.29, 0.717) is 0 Å². The van der Waals surface area contributed by atoms with Crippen LogP contribution in [0.5, 0.6) is 5.75 Å². The van der Waals surface area contributed by atoms with E-state index >= 15 is 0 Å². The predicted octanol–water partition coefficient (Wildman–Crippen LogP) is 2.91. The summed E-state index contributed by atoms with van der Waals surface area (Å²) in [6.45, 7) is 2.26. The van der Waals surface area contributed by atoms with Gasteiger partial charge in [-0.2, -0.15) is 5.10 Å². The van der Waals surface area contributed by atoms with E-state index in [4.69, 9.17) is 21.4 Å². The molecule has 0 radical (unpaired) electrons. The molecule has 0 fully saturated rings. The van der Waals surface area contributed by atoms with Gasteiger partial charge < -0.3 is 9.84 Å². The lowest BCUT2D eigenvalue weighted by Crippen LogP contribution is -2.07. The van der Waals surface area contributed by atoms with Gasteiger partial charge in [-0.05, 0) is 24.6 Å². The number of aromatic nitrogens is 2. The summed E-state index contributed by atoms with van der Waals surface area (Å²) in [4.78, 5) is 11.2. The molecule has 0 aliphatic carbocycles. The fourth-order valence-electron chi connectivity index (χ4n) is 1.86. The van der Waals surface area contributed by atoms with Crippen LogP contribution in [0.4, 0.5) is 0 Å². The average molecular weight is 295 g/mol. The number of ether oxygens (including phenoxy) is 1. The fourth-order valence-corrected chi connectivity index (χ4v) is 2.11. The summed E-state index contributed by atoms with van der Waals surface area (Å²) in [5.74, 6) is -0.853. The van der Waals surface area contributed by atoms with E-state index in [9.17, 15) is 4.79 Å². The highest BCUT2D eigenvalue weighted by molar-refractivity contribution is 6.33. The van der Waals surface area contributed by atoms with Crippen LogP contribution in [0.1, 0.15) is 28.7 Å². The molecule has 6 heteroatoms. The number of rotatable bonds is 5. The number of hydrogen-bond acceptors (Lipinski definition) is 3. The minimum atomic E-state index is -1.11. The highest BCUT2D eigenvalue weighted by atomic mass is 35.5. The molecular formula is C14H15ClN2O3. The van der Waals surface area contributed by atoms with Gasteiger partial charge in [0.1, 0.15) is 17.9 Å². The van der Waals surface area contributed by atoms with E-state index in [1.54, 1.807) is 16.8 Å². The largest absolute Gasteiger partial charge is 0.486 e. The molecule has 1 aromatic heterocycles. The van der Waals surface area contributed by atoms with Crippen molar-refractivity contribution in [1.29, 1.82) is 0 Å². The minimum absolute atomic E-state index is 0.0212. The Labute approximate surface area is 121 Å². The zero-order valence-corrected chi connectivity index (χ0v) is 12.0. The topological polar surface area (TPSA) is 64.3 Å². The summed E-state index contributed by atoms with van der Waals surface area (Å²) >= 11 is 5.89. The number of carboxylic acids is 1. The van der Waals surface area contributed by atoms with Crippen LogP contribution in [0.15, 0.2) is 24.3 Å². The molecule has 0 saturated heterocycles. The summed E-state index contributed by atoms with van der Waals surface area (Å²) < 4.78 is 7.30. The Morgan fingerprint density at radius 1 is 1.50 bits per heavy atom. The third-order valence-electron chi connectivity index (χ3n) is 2.95. The van der Waals surface area contributed by atoms with Gasteiger partial charge in [0.15, 0.2) is 0 Å². The Morgan fingerprint density at radius 3 is 2.85 bits per heavy atom. The number of benzene rings is 1. The van der Waals surface area contributed by atoms with Crippen LogP contribution in [-0.4, -0.2) is 20.9 Å². The first-order chi connectivity index (χ1) is 9.52. The Hall–Kier alpha value is -2.01. The predicted molar refractivity (Wildman–Crippen MR) is 75.3 cm³/mol. The van der Waals surface area contributed by atoms with Crippen LogP contribution in [0.25, 0.3) is 0 Å². The van der Waals surface area contributed by atoms with Crippen molar-refractivity contribution in [2.45, 2.75) is 20.0 Å². The number of carbonyl (C=O) groups is 1. The number of carboxylic acid groups (broad SMARTS) is 1. The van der Waals surface area contributed by atoms with Crippen molar-refractivity contribution in [1.82, 2.24) is 9.78 Å². The van der Waals surface area contributed by atoms with Crippen LogP contribution >= 0.6 is 11.6 Å². The highest BCUT2D eigenvalue weighted by Gasteiger charge is 2.16. The maximum atomic E-state index is 11.2. The molecule has 20 heavy (non-hydrogen) atoms.